The molecule has 94 valence electrons. The third-order valence-corrected chi connectivity index (χ3v) is 2.67. The smallest absolute Gasteiger partial charge is 0.194 e. The predicted molar refractivity (Wildman–Crippen MR) is 60.7 cm³/mol. The van der Waals surface area contributed by atoms with Crippen LogP contribution in [0.25, 0.3) is 0 Å². The van der Waals surface area contributed by atoms with Gasteiger partial charge in [-0.2, -0.15) is 17.6 Å². The van der Waals surface area contributed by atoms with Gasteiger partial charge in [-0.25, -0.2) is 0 Å². The van der Waals surface area contributed by atoms with Crippen LogP contribution in [0.4, 0.5) is 17.6 Å². The molecule has 0 saturated heterocycles. The highest BCUT2D eigenvalue weighted by molar-refractivity contribution is 5.29. The van der Waals surface area contributed by atoms with Gasteiger partial charge in [-0.05, 0) is 0 Å². The molecular formula is C14H10F4. The van der Waals surface area contributed by atoms with Crippen molar-refractivity contribution in [3.05, 3.63) is 71.8 Å². The number of alkyl halides is 4. The van der Waals surface area contributed by atoms with E-state index in [0.29, 0.717) is 0 Å². The minimum Gasteiger partial charge on any atom is -0.194 e. The van der Waals surface area contributed by atoms with Crippen LogP contribution in [-0.2, 0) is 11.8 Å². The van der Waals surface area contributed by atoms with E-state index in [0.717, 1.165) is 24.3 Å². The highest BCUT2D eigenvalue weighted by Crippen LogP contribution is 2.49. The summed E-state index contributed by atoms with van der Waals surface area (Å²) in [7, 11) is 0. The lowest BCUT2D eigenvalue weighted by molar-refractivity contribution is -0.223. The zero-order valence-corrected chi connectivity index (χ0v) is 9.29. The molecule has 0 aliphatic rings. The molecule has 0 amide bonds. The van der Waals surface area contributed by atoms with E-state index in [1.54, 1.807) is 0 Å². The molecule has 0 N–H and O–H groups in total. The van der Waals surface area contributed by atoms with Crippen molar-refractivity contribution in [2.75, 3.05) is 0 Å². The summed E-state index contributed by atoms with van der Waals surface area (Å²) < 4.78 is 55.5. The Morgan fingerprint density at radius 2 is 0.778 bits per heavy atom. The monoisotopic (exact) mass is 254 g/mol. The molecule has 0 spiro atoms. The molecular weight excluding hydrogens is 244 g/mol. The summed E-state index contributed by atoms with van der Waals surface area (Å²) in [5.41, 5.74) is -1.39. The van der Waals surface area contributed by atoms with E-state index in [1.165, 1.54) is 36.4 Å². The Hall–Kier alpha value is -1.84. The summed E-state index contributed by atoms with van der Waals surface area (Å²) in [6.07, 6.45) is 0. The number of hydrogen-bond donors (Lipinski definition) is 0. The topological polar surface area (TPSA) is 0 Å². The Kier molecular flexibility index (Phi) is 3.11. The van der Waals surface area contributed by atoms with Gasteiger partial charge < -0.3 is 0 Å². The van der Waals surface area contributed by atoms with E-state index in [-0.39, 0.29) is 0 Å². The fraction of sp³-hybridized carbons (Fsp3) is 0.143. The van der Waals surface area contributed by atoms with Gasteiger partial charge in [0.2, 0.25) is 0 Å². The highest BCUT2D eigenvalue weighted by Gasteiger charge is 2.58. The van der Waals surface area contributed by atoms with E-state index in [4.69, 9.17) is 0 Å². The molecule has 0 atom stereocenters. The average Bonchev–Trinajstić information content (AvgIpc) is 2.40. The predicted octanol–water partition coefficient (Wildman–Crippen LogP) is 4.57. The number of hydrogen-bond acceptors (Lipinski definition) is 0. The molecule has 2 aromatic rings. The van der Waals surface area contributed by atoms with Crippen LogP contribution < -0.4 is 0 Å². The van der Waals surface area contributed by atoms with Crippen LogP contribution in [0.3, 0.4) is 0 Å². The summed E-state index contributed by atoms with van der Waals surface area (Å²) in [5, 5.41) is 0. The molecule has 0 saturated carbocycles. The van der Waals surface area contributed by atoms with Gasteiger partial charge in [-0.15, -0.1) is 0 Å². The van der Waals surface area contributed by atoms with Gasteiger partial charge in [-0.1, -0.05) is 60.7 Å². The van der Waals surface area contributed by atoms with Crippen LogP contribution in [0.5, 0.6) is 0 Å². The van der Waals surface area contributed by atoms with Gasteiger partial charge >= 0.3 is 11.8 Å². The molecule has 0 radical (unpaired) electrons. The molecule has 4 heteroatoms. The Bertz CT molecular complexity index is 456. The molecule has 0 unspecified atom stereocenters. The maximum absolute atomic E-state index is 13.9. The SMILES string of the molecule is FC(F)(c1ccccc1)C(F)(F)c1ccccc1. The van der Waals surface area contributed by atoms with Gasteiger partial charge in [0.15, 0.2) is 0 Å². The van der Waals surface area contributed by atoms with Crippen LogP contribution in [0.1, 0.15) is 11.1 Å². The Morgan fingerprint density at radius 1 is 0.500 bits per heavy atom. The van der Waals surface area contributed by atoms with Crippen molar-refractivity contribution in [1.82, 2.24) is 0 Å². The fourth-order valence-electron chi connectivity index (χ4n) is 1.66. The normalized spacial score (nSPS) is 12.4. The van der Waals surface area contributed by atoms with Crippen molar-refractivity contribution >= 4 is 0 Å². The van der Waals surface area contributed by atoms with Crippen molar-refractivity contribution in [3.63, 3.8) is 0 Å². The number of benzene rings is 2. The second-order valence-corrected chi connectivity index (χ2v) is 3.88. The Morgan fingerprint density at radius 3 is 1.06 bits per heavy atom. The average molecular weight is 254 g/mol. The minimum atomic E-state index is -4.24. The van der Waals surface area contributed by atoms with Crippen LogP contribution in [-0.4, -0.2) is 0 Å². The molecule has 0 bridgehead atoms. The van der Waals surface area contributed by atoms with E-state index in [1.807, 2.05) is 0 Å². The first kappa shape index (κ1) is 12.6. The number of rotatable bonds is 3. The zero-order valence-electron chi connectivity index (χ0n) is 9.29. The molecule has 0 fully saturated rings. The second kappa shape index (κ2) is 4.44. The van der Waals surface area contributed by atoms with E-state index in [9.17, 15) is 17.6 Å². The first-order valence-electron chi connectivity index (χ1n) is 5.33. The highest BCUT2D eigenvalue weighted by atomic mass is 19.3. The van der Waals surface area contributed by atoms with Crippen LogP contribution in [0.15, 0.2) is 60.7 Å². The van der Waals surface area contributed by atoms with Crippen molar-refractivity contribution in [3.8, 4) is 0 Å². The largest absolute Gasteiger partial charge is 0.339 e. The van der Waals surface area contributed by atoms with Crippen LogP contribution in [0, 0.1) is 0 Å². The van der Waals surface area contributed by atoms with Crippen molar-refractivity contribution in [2.24, 2.45) is 0 Å². The maximum Gasteiger partial charge on any atom is 0.339 e. The third kappa shape index (κ3) is 1.98. The summed E-state index contributed by atoms with van der Waals surface area (Å²) in [4.78, 5) is 0. The van der Waals surface area contributed by atoms with Crippen molar-refractivity contribution in [2.45, 2.75) is 11.8 Å². The summed E-state index contributed by atoms with van der Waals surface area (Å²) in [5.74, 6) is -8.48. The minimum absolute atomic E-state index is 0.696. The standard InChI is InChI=1S/C14H10F4/c15-13(16,11-7-3-1-4-8-11)14(17,18)12-9-5-2-6-10-12/h1-10H. The molecule has 18 heavy (non-hydrogen) atoms. The van der Waals surface area contributed by atoms with Crippen LogP contribution in [0.2, 0.25) is 0 Å². The third-order valence-electron chi connectivity index (χ3n) is 2.67. The molecule has 0 aliphatic carbocycles. The van der Waals surface area contributed by atoms with Crippen LogP contribution >= 0.6 is 0 Å². The van der Waals surface area contributed by atoms with Gasteiger partial charge in [-0.3, -0.25) is 0 Å². The molecule has 0 aliphatic heterocycles. The van der Waals surface area contributed by atoms with E-state index in [2.05, 4.69) is 0 Å². The van der Waals surface area contributed by atoms with Crippen molar-refractivity contribution in [1.29, 1.82) is 0 Å². The maximum atomic E-state index is 13.9. The molecule has 0 heterocycles. The lowest BCUT2D eigenvalue weighted by Gasteiger charge is -2.27. The summed E-state index contributed by atoms with van der Waals surface area (Å²) >= 11 is 0. The van der Waals surface area contributed by atoms with Gasteiger partial charge in [0, 0.05) is 11.1 Å². The van der Waals surface area contributed by atoms with Gasteiger partial charge in [0.1, 0.15) is 0 Å². The Balaban J connectivity index is 2.47. The van der Waals surface area contributed by atoms with Gasteiger partial charge in [0.25, 0.3) is 0 Å². The summed E-state index contributed by atoms with van der Waals surface area (Å²) in [6, 6.07) is 12.2. The van der Waals surface area contributed by atoms with E-state index < -0.39 is 23.0 Å². The second-order valence-electron chi connectivity index (χ2n) is 3.88. The molecule has 2 rings (SSSR count). The number of halogens is 4. The lowest BCUT2D eigenvalue weighted by Crippen LogP contribution is -2.35. The molecule has 0 nitrogen and oxygen atoms in total. The first-order chi connectivity index (χ1) is 8.46. The fourth-order valence-corrected chi connectivity index (χ4v) is 1.66. The van der Waals surface area contributed by atoms with E-state index >= 15 is 0 Å². The summed E-state index contributed by atoms with van der Waals surface area (Å²) in [6.45, 7) is 0. The lowest BCUT2D eigenvalue weighted by atomic mass is 9.96. The quantitative estimate of drug-likeness (QED) is 0.704. The zero-order chi connectivity index (χ0) is 13.2. The molecule has 0 aromatic heterocycles. The molecule has 2 aromatic carbocycles. The first-order valence-corrected chi connectivity index (χ1v) is 5.33. The van der Waals surface area contributed by atoms with Gasteiger partial charge in [0.05, 0.1) is 0 Å². The van der Waals surface area contributed by atoms with Crippen molar-refractivity contribution < 1.29 is 17.6 Å². The Labute approximate surface area is 102 Å².